The second-order valence-electron chi connectivity index (χ2n) is 4.73. The van der Waals surface area contributed by atoms with Gasteiger partial charge in [0.15, 0.2) is 0 Å². The van der Waals surface area contributed by atoms with Gasteiger partial charge in [-0.05, 0) is 43.0 Å². The summed E-state index contributed by atoms with van der Waals surface area (Å²) in [7, 11) is 0. The Kier molecular flexibility index (Phi) is 7.49. The second-order valence-corrected chi connectivity index (χ2v) is 5.76. The van der Waals surface area contributed by atoms with Crippen molar-refractivity contribution in [1.82, 2.24) is 5.43 Å². The summed E-state index contributed by atoms with van der Waals surface area (Å²) < 4.78 is 0. The highest BCUT2D eigenvalue weighted by Crippen LogP contribution is 2.22. The summed E-state index contributed by atoms with van der Waals surface area (Å²) in [5, 5.41) is 2.15. The Bertz CT molecular complexity index is 266. The van der Waals surface area contributed by atoms with Crippen LogP contribution in [-0.2, 0) is 6.42 Å². The molecule has 1 heterocycles. The van der Waals surface area contributed by atoms with Crippen LogP contribution in [0.1, 0.15) is 50.8 Å². The summed E-state index contributed by atoms with van der Waals surface area (Å²) in [6.07, 6.45) is 7.38. The molecule has 1 unspecified atom stereocenters. The van der Waals surface area contributed by atoms with Gasteiger partial charge < -0.3 is 0 Å². The van der Waals surface area contributed by atoms with Crippen molar-refractivity contribution in [2.24, 2.45) is 11.8 Å². The van der Waals surface area contributed by atoms with Gasteiger partial charge in [0.05, 0.1) is 0 Å². The Morgan fingerprint density at radius 3 is 2.41 bits per heavy atom. The zero-order valence-electron chi connectivity index (χ0n) is 11.1. The van der Waals surface area contributed by atoms with Crippen molar-refractivity contribution >= 4 is 11.3 Å². The molecule has 0 aliphatic heterocycles. The van der Waals surface area contributed by atoms with Crippen molar-refractivity contribution in [3.05, 3.63) is 22.4 Å². The van der Waals surface area contributed by atoms with Crippen LogP contribution in [0.15, 0.2) is 17.5 Å². The van der Waals surface area contributed by atoms with Gasteiger partial charge in [0, 0.05) is 10.9 Å². The summed E-state index contributed by atoms with van der Waals surface area (Å²) in [4.78, 5) is 1.47. The molecule has 0 aliphatic carbocycles. The van der Waals surface area contributed by atoms with Crippen molar-refractivity contribution in [3.63, 3.8) is 0 Å². The van der Waals surface area contributed by atoms with Crippen LogP contribution in [0.3, 0.4) is 0 Å². The molecule has 0 fully saturated rings. The van der Waals surface area contributed by atoms with Crippen molar-refractivity contribution < 1.29 is 0 Å². The van der Waals surface area contributed by atoms with Gasteiger partial charge in [-0.3, -0.25) is 11.3 Å². The number of hydrazine groups is 1. The lowest BCUT2D eigenvalue weighted by Crippen LogP contribution is -2.41. The van der Waals surface area contributed by atoms with E-state index in [9.17, 15) is 0 Å². The van der Waals surface area contributed by atoms with E-state index in [1.807, 2.05) is 11.3 Å². The van der Waals surface area contributed by atoms with Crippen molar-refractivity contribution in [1.29, 1.82) is 0 Å². The predicted molar refractivity (Wildman–Crippen MR) is 77.1 cm³/mol. The van der Waals surface area contributed by atoms with Crippen LogP contribution in [0, 0.1) is 5.92 Å². The van der Waals surface area contributed by atoms with Crippen LogP contribution in [0.25, 0.3) is 0 Å². The number of thiophene rings is 1. The first-order chi connectivity index (χ1) is 8.31. The number of nitrogens with one attached hydrogen (secondary N) is 1. The molecule has 1 aromatic heterocycles. The summed E-state index contributed by atoms with van der Waals surface area (Å²) in [5.74, 6) is 6.46. The second kappa shape index (κ2) is 8.67. The minimum atomic E-state index is 0.469. The quantitative estimate of drug-likeness (QED) is 0.520. The molecular formula is C14H26N2S. The van der Waals surface area contributed by atoms with E-state index in [1.165, 1.54) is 30.6 Å². The number of hydrogen-bond acceptors (Lipinski definition) is 3. The molecule has 0 aromatic carbocycles. The molecule has 3 heteroatoms. The average Bonchev–Trinajstić information content (AvgIpc) is 2.83. The largest absolute Gasteiger partial charge is 0.271 e. The third-order valence-electron chi connectivity index (χ3n) is 3.38. The Morgan fingerprint density at radius 1 is 1.24 bits per heavy atom. The van der Waals surface area contributed by atoms with Crippen LogP contribution in [0.2, 0.25) is 0 Å². The SMILES string of the molecule is CCCC(CCC)C(CCc1cccs1)NN. The molecule has 0 bridgehead atoms. The molecule has 1 aromatic rings. The maximum Gasteiger partial charge on any atom is 0.0242 e. The number of nitrogens with two attached hydrogens (primary N) is 1. The van der Waals surface area contributed by atoms with E-state index in [0.29, 0.717) is 6.04 Å². The monoisotopic (exact) mass is 254 g/mol. The van der Waals surface area contributed by atoms with Gasteiger partial charge in [0.2, 0.25) is 0 Å². The first-order valence-corrected chi connectivity index (χ1v) is 7.68. The molecule has 1 rings (SSSR count). The summed E-state index contributed by atoms with van der Waals surface area (Å²) >= 11 is 1.85. The summed E-state index contributed by atoms with van der Waals surface area (Å²) in [6.45, 7) is 4.52. The fraction of sp³-hybridized carbons (Fsp3) is 0.714. The van der Waals surface area contributed by atoms with E-state index in [-0.39, 0.29) is 0 Å². The maximum absolute atomic E-state index is 5.73. The zero-order valence-corrected chi connectivity index (χ0v) is 11.9. The molecule has 0 saturated heterocycles. The van der Waals surface area contributed by atoms with Gasteiger partial charge in [-0.15, -0.1) is 11.3 Å². The smallest absolute Gasteiger partial charge is 0.0242 e. The Hall–Kier alpha value is -0.380. The standard InChI is InChI=1S/C14H26N2S/c1-3-6-12(7-4-2)14(16-15)10-9-13-8-5-11-17-13/h5,8,11-12,14,16H,3-4,6-7,9-10,15H2,1-2H3. The fourth-order valence-electron chi connectivity index (χ4n) is 2.50. The molecule has 17 heavy (non-hydrogen) atoms. The zero-order chi connectivity index (χ0) is 12.5. The molecule has 0 aliphatic rings. The van der Waals surface area contributed by atoms with E-state index in [2.05, 4.69) is 36.8 Å². The van der Waals surface area contributed by atoms with E-state index < -0.39 is 0 Å². The lowest BCUT2D eigenvalue weighted by atomic mass is 9.88. The van der Waals surface area contributed by atoms with Gasteiger partial charge in [-0.25, -0.2) is 0 Å². The van der Waals surface area contributed by atoms with Crippen LogP contribution < -0.4 is 11.3 Å². The molecule has 1 atom stereocenters. The Balaban J connectivity index is 2.43. The molecule has 0 radical (unpaired) electrons. The van der Waals surface area contributed by atoms with E-state index in [0.717, 1.165) is 18.8 Å². The molecular weight excluding hydrogens is 228 g/mol. The minimum Gasteiger partial charge on any atom is -0.271 e. The third-order valence-corrected chi connectivity index (χ3v) is 4.32. The van der Waals surface area contributed by atoms with E-state index in [4.69, 9.17) is 5.84 Å². The predicted octanol–water partition coefficient (Wildman–Crippen LogP) is 3.73. The van der Waals surface area contributed by atoms with Gasteiger partial charge in [0.25, 0.3) is 0 Å². The van der Waals surface area contributed by atoms with E-state index in [1.54, 1.807) is 0 Å². The molecule has 3 N–H and O–H groups in total. The highest BCUT2D eigenvalue weighted by molar-refractivity contribution is 7.09. The number of aryl methyl sites for hydroxylation is 1. The number of hydrogen-bond donors (Lipinski definition) is 2. The van der Waals surface area contributed by atoms with Gasteiger partial charge >= 0.3 is 0 Å². The Labute approximate surface area is 110 Å². The van der Waals surface area contributed by atoms with Gasteiger partial charge in [-0.2, -0.15) is 0 Å². The lowest BCUT2D eigenvalue weighted by molar-refractivity contribution is 0.300. The molecule has 0 amide bonds. The average molecular weight is 254 g/mol. The summed E-state index contributed by atoms with van der Waals surface area (Å²) in [5.41, 5.74) is 3.04. The van der Waals surface area contributed by atoms with Crippen LogP contribution in [-0.4, -0.2) is 6.04 Å². The highest BCUT2D eigenvalue weighted by atomic mass is 32.1. The van der Waals surface area contributed by atoms with Gasteiger partial charge in [-0.1, -0.05) is 32.8 Å². The summed E-state index contributed by atoms with van der Waals surface area (Å²) in [6, 6.07) is 4.81. The molecule has 0 saturated carbocycles. The molecule has 2 nitrogen and oxygen atoms in total. The van der Waals surface area contributed by atoms with Crippen molar-refractivity contribution in [3.8, 4) is 0 Å². The lowest BCUT2D eigenvalue weighted by Gasteiger charge is -2.26. The van der Waals surface area contributed by atoms with Crippen molar-refractivity contribution in [2.75, 3.05) is 0 Å². The maximum atomic E-state index is 5.73. The van der Waals surface area contributed by atoms with Crippen LogP contribution in [0.4, 0.5) is 0 Å². The Morgan fingerprint density at radius 2 is 1.94 bits per heavy atom. The molecule has 0 spiro atoms. The molecule has 98 valence electrons. The third kappa shape index (κ3) is 5.19. The normalized spacial score (nSPS) is 13.2. The first-order valence-electron chi connectivity index (χ1n) is 6.80. The van der Waals surface area contributed by atoms with Crippen molar-refractivity contribution in [2.45, 2.75) is 58.4 Å². The van der Waals surface area contributed by atoms with Gasteiger partial charge in [0.1, 0.15) is 0 Å². The fourth-order valence-corrected chi connectivity index (χ4v) is 3.22. The topological polar surface area (TPSA) is 38.0 Å². The first kappa shape index (κ1) is 14.7. The minimum absolute atomic E-state index is 0.469. The highest BCUT2D eigenvalue weighted by Gasteiger charge is 2.18. The van der Waals surface area contributed by atoms with Crippen LogP contribution >= 0.6 is 11.3 Å². The number of rotatable bonds is 9. The van der Waals surface area contributed by atoms with Crippen LogP contribution in [0.5, 0.6) is 0 Å². The van der Waals surface area contributed by atoms with E-state index >= 15 is 0 Å².